The van der Waals surface area contributed by atoms with Crippen molar-refractivity contribution >= 4 is 22.8 Å². The summed E-state index contributed by atoms with van der Waals surface area (Å²) >= 11 is 0. The fourth-order valence-corrected chi connectivity index (χ4v) is 2.77. The van der Waals surface area contributed by atoms with Crippen LogP contribution in [0.5, 0.6) is 0 Å². The highest BCUT2D eigenvalue weighted by molar-refractivity contribution is 6.07. The maximum atomic E-state index is 12.6. The molecule has 1 saturated heterocycles. The number of amides is 1. The molecule has 0 spiro atoms. The first kappa shape index (κ1) is 12.7. The van der Waals surface area contributed by atoms with Crippen LogP contribution in [0, 0.1) is 5.92 Å². The van der Waals surface area contributed by atoms with Crippen molar-refractivity contribution < 1.29 is 19.1 Å². The molecule has 1 atom stereocenters. The van der Waals surface area contributed by atoms with Gasteiger partial charge in [0, 0.05) is 24.4 Å². The van der Waals surface area contributed by atoms with Crippen LogP contribution in [0.15, 0.2) is 34.9 Å². The highest BCUT2D eigenvalue weighted by atomic mass is 16.4. The number of nitrogens with zero attached hydrogens (tertiary/aromatic N) is 1. The molecule has 0 saturated carbocycles. The summed E-state index contributed by atoms with van der Waals surface area (Å²) in [7, 11) is 0. The summed E-state index contributed by atoms with van der Waals surface area (Å²) in [5.74, 6) is -0.313. The van der Waals surface area contributed by atoms with Gasteiger partial charge in [-0.15, -0.1) is 0 Å². The van der Waals surface area contributed by atoms with E-state index in [1.807, 2.05) is 18.2 Å². The summed E-state index contributed by atoms with van der Waals surface area (Å²) in [4.78, 5) is 24.9. The molecular formula is C15H15NO4. The quantitative estimate of drug-likeness (QED) is 0.854. The molecule has 104 valence electrons. The first-order valence-corrected chi connectivity index (χ1v) is 6.65. The lowest BCUT2D eigenvalue weighted by molar-refractivity contribution is 0.0807. The first-order chi connectivity index (χ1) is 9.66. The molecule has 0 radical (unpaired) electrons. The molecule has 0 aliphatic carbocycles. The number of piperidine rings is 1. The monoisotopic (exact) mass is 273 g/mol. The minimum atomic E-state index is -0.960. The molecular weight excluding hydrogens is 258 g/mol. The molecule has 2 heterocycles. The maximum absolute atomic E-state index is 12.6. The number of carboxylic acid groups (broad SMARTS) is 1. The second-order valence-corrected chi connectivity index (χ2v) is 5.08. The Labute approximate surface area is 115 Å². The van der Waals surface area contributed by atoms with Crippen molar-refractivity contribution in [3.05, 3.63) is 36.1 Å². The number of benzene rings is 1. The summed E-state index contributed by atoms with van der Waals surface area (Å²) in [5, 5.41) is 9.93. The molecule has 0 bridgehead atoms. The molecule has 5 nitrogen and oxygen atoms in total. The molecule has 5 heteroatoms. The van der Waals surface area contributed by atoms with E-state index < -0.39 is 6.09 Å². The number of hydrogen-bond donors (Lipinski definition) is 1. The van der Waals surface area contributed by atoms with Gasteiger partial charge in [-0.3, -0.25) is 4.79 Å². The number of carbonyl (C=O) groups excluding carboxylic acids is 1. The summed E-state index contributed by atoms with van der Waals surface area (Å²) in [6, 6.07) is 7.27. The van der Waals surface area contributed by atoms with Crippen LogP contribution < -0.4 is 0 Å². The average Bonchev–Trinajstić information content (AvgIpc) is 2.95. The van der Waals surface area contributed by atoms with Crippen LogP contribution in [0.1, 0.15) is 23.2 Å². The molecule has 20 heavy (non-hydrogen) atoms. The second-order valence-electron chi connectivity index (χ2n) is 5.08. The van der Waals surface area contributed by atoms with Gasteiger partial charge in [-0.2, -0.15) is 0 Å². The Balaban J connectivity index is 1.88. The molecule has 1 unspecified atom stereocenters. The van der Waals surface area contributed by atoms with Gasteiger partial charge in [-0.05, 0) is 25.0 Å². The smallest absolute Gasteiger partial charge is 0.407 e. The Morgan fingerprint density at radius 2 is 2.15 bits per heavy atom. The highest BCUT2D eigenvalue weighted by Gasteiger charge is 2.30. The van der Waals surface area contributed by atoms with Gasteiger partial charge >= 0.3 is 6.09 Å². The van der Waals surface area contributed by atoms with Gasteiger partial charge in [0.1, 0.15) is 5.58 Å². The number of fused-ring (bicyclic) bond motifs is 1. The van der Waals surface area contributed by atoms with E-state index in [1.165, 1.54) is 4.90 Å². The Hall–Kier alpha value is -2.30. The Morgan fingerprint density at radius 1 is 1.30 bits per heavy atom. The van der Waals surface area contributed by atoms with Crippen LogP contribution in [0.25, 0.3) is 11.0 Å². The number of rotatable bonds is 2. The van der Waals surface area contributed by atoms with Crippen molar-refractivity contribution in [2.24, 2.45) is 5.92 Å². The van der Waals surface area contributed by atoms with Crippen LogP contribution in [0.3, 0.4) is 0 Å². The molecule has 1 aliphatic rings. The maximum Gasteiger partial charge on any atom is 0.407 e. The van der Waals surface area contributed by atoms with Gasteiger partial charge in [-0.1, -0.05) is 12.1 Å². The van der Waals surface area contributed by atoms with E-state index in [0.717, 1.165) is 18.2 Å². The van der Waals surface area contributed by atoms with E-state index in [-0.39, 0.29) is 18.2 Å². The largest absolute Gasteiger partial charge is 0.465 e. The standard InChI is InChI=1S/C15H15NO4/c17-13(11-4-2-7-16(9-11)15(18)19)12-5-1-3-10-6-8-20-14(10)12/h1,3,5-6,8,11H,2,4,7,9H2,(H,18,19). The van der Waals surface area contributed by atoms with E-state index in [2.05, 4.69) is 0 Å². The van der Waals surface area contributed by atoms with Crippen molar-refractivity contribution in [3.63, 3.8) is 0 Å². The topological polar surface area (TPSA) is 70.8 Å². The fourth-order valence-electron chi connectivity index (χ4n) is 2.77. The van der Waals surface area contributed by atoms with Gasteiger partial charge < -0.3 is 14.4 Å². The van der Waals surface area contributed by atoms with Crippen molar-refractivity contribution in [1.82, 2.24) is 4.90 Å². The molecule has 1 aromatic heterocycles. The number of Topliss-reactive ketones (excluding diaryl/α,β-unsaturated/α-hetero) is 1. The lowest BCUT2D eigenvalue weighted by atomic mass is 9.89. The fraction of sp³-hybridized carbons (Fsp3) is 0.333. The zero-order chi connectivity index (χ0) is 14.1. The molecule has 1 N–H and O–H groups in total. The predicted octanol–water partition coefficient (Wildman–Crippen LogP) is 3.01. The number of para-hydroxylation sites is 1. The minimum Gasteiger partial charge on any atom is -0.465 e. The van der Waals surface area contributed by atoms with E-state index >= 15 is 0 Å². The third-order valence-corrected chi connectivity index (χ3v) is 3.81. The van der Waals surface area contributed by atoms with Crippen molar-refractivity contribution in [1.29, 1.82) is 0 Å². The lowest BCUT2D eigenvalue weighted by Gasteiger charge is -2.29. The van der Waals surface area contributed by atoms with E-state index in [4.69, 9.17) is 9.52 Å². The number of likely N-dealkylation sites (tertiary alicyclic amines) is 1. The molecule has 1 fully saturated rings. The molecule has 3 rings (SSSR count). The van der Waals surface area contributed by atoms with E-state index in [9.17, 15) is 9.59 Å². The van der Waals surface area contributed by atoms with E-state index in [1.54, 1.807) is 12.3 Å². The van der Waals surface area contributed by atoms with Crippen LogP contribution in [-0.4, -0.2) is 35.0 Å². The Bertz CT molecular complexity index is 661. The summed E-state index contributed by atoms with van der Waals surface area (Å²) in [6.45, 7) is 0.773. The Kier molecular flexibility index (Phi) is 3.18. The third-order valence-electron chi connectivity index (χ3n) is 3.81. The van der Waals surface area contributed by atoms with Crippen LogP contribution in [-0.2, 0) is 0 Å². The number of furan rings is 1. The first-order valence-electron chi connectivity index (χ1n) is 6.65. The summed E-state index contributed by atoms with van der Waals surface area (Å²) in [5.41, 5.74) is 1.13. The highest BCUT2D eigenvalue weighted by Crippen LogP contribution is 2.26. The normalized spacial score (nSPS) is 19.2. The molecule has 2 aromatic rings. The van der Waals surface area contributed by atoms with Crippen LogP contribution in [0.4, 0.5) is 4.79 Å². The second kappa shape index (κ2) is 5.00. The van der Waals surface area contributed by atoms with Crippen molar-refractivity contribution in [2.45, 2.75) is 12.8 Å². The lowest BCUT2D eigenvalue weighted by Crippen LogP contribution is -2.41. The molecule has 1 aliphatic heterocycles. The molecule has 1 aromatic carbocycles. The van der Waals surface area contributed by atoms with Crippen molar-refractivity contribution in [3.8, 4) is 0 Å². The number of ketones is 1. The SMILES string of the molecule is O=C(c1cccc2ccoc12)C1CCCN(C(=O)O)C1. The zero-order valence-electron chi connectivity index (χ0n) is 10.9. The Morgan fingerprint density at radius 3 is 2.95 bits per heavy atom. The van der Waals surface area contributed by atoms with Gasteiger partial charge in [-0.25, -0.2) is 4.79 Å². The zero-order valence-corrected chi connectivity index (χ0v) is 10.9. The number of hydrogen-bond acceptors (Lipinski definition) is 3. The third kappa shape index (κ3) is 2.15. The van der Waals surface area contributed by atoms with Gasteiger partial charge in [0.2, 0.25) is 0 Å². The van der Waals surface area contributed by atoms with Gasteiger partial charge in [0.25, 0.3) is 0 Å². The number of carbonyl (C=O) groups is 2. The van der Waals surface area contributed by atoms with Gasteiger partial charge in [0.15, 0.2) is 5.78 Å². The predicted molar refractivity (Wildman–Crippen MR) is 72.9 cm³/mol. The van der Waals surface area contributed by atoms with Gasteiger partial charge in [0.05, 0.1) is 11.8 Å². The minimum absolute atomic E-state index is 0.0310. The van der Waals surface area contributed by atoms with Crippen LogP contribution >= 0.6 is 0 Å². The summed E-state index contributed by atoms with van der Waals surface area (Å²) < 4.78 is 5.38. The van der Waals surface area contributed by atoms with Crippen LogP contribution in [0.2, 0.25) is 0 Å². The summed E-state index contributed by atoms with van der Waals surface area (Å²) in [6.07, 6.45) is 2.04. The molecule has 1 amide bonds. The van der Waals surface area contributed by atoms with E-state index in [0.29, 0.717) is 17.7 Å². The van der Waals surface area contributed by atoms with Crippen molar-refractivity contribution in [2.75, 3.05) is 13.1 Å². The average molecular weight is 273 g/mol.